The summed E-state index contributed by atoms with van der Waals surface area (Å²) in [7, 11) is -3.55. The molecular weight excluding hydrogens is 709 g/mol. The third-order valence-electron chi connectivity index (χ3n) is 7.84. The first kappa shape index (κ1) is 32.9. The van der Waals surface area contributed by atoms with Gasteiger partial charge in [0.2, 0.25) is 11.9 Å². The quantitative estimate of drug-likeness (QED) is 0.240. The number of para-hydroxylation sites is 1. The third-order valence-corrected chi connectivity index (χ3v) is 10.8. The monoisotopic (exact) mass is 747 g/mol. The fourth-order valence-electron chi connectivity index (χ4n) is 5.55. The topological polar surface area (TPSA) is 160 Å². The number of sulfone groups is 1. The highest BCUT2D eigenvalue weighted by Gasteiger charge is 2.36. The minimum atomic E-state index is -3.55. The van der Waals surface area contributed by atoms with E-state index >= 15 is 0 Å². The summed E-state index contributed by atoms with van der Waals surface area (Å²) in [6.07, 6.45) is 3.04. The number of ether oxygens (including phenoxy) is 1. The fourth-order valence-corrected chi connectivity index (χ4v) is 7.15. The molecule has 2 aliphatic heterocycles. The minimum Gasteiger partial charge on any atom is -0.489 e. The van der Waals surface area contributed by atoms with E-state index in [2.05, 4.69) is 43.2 Å². The summed E-state index contributed by atoms with van der Waals surface area (Å²) in [5.74, 6) is 0.850. The first-order valence-electron chi connectivity index (χ1n) is 14.9. The van der Waals surface area contributed by atoms with Crippen molar-refractivity contribution in [3.05, 3.63) is 57.3 Å². The molecule has 0 unspecified atom stereocenters. The van der Waals surface area contributed by atoms with Gasteiger partial charge < -0.3 is 26.0 Å². The average Bonchev–Trinajstić information content (AvgIpc) is 3.29. The number of primary amides is 1. The standard InChI is InChI=1S/C31H38IN7O5S/c1-18(2)44-26-13-20-16-39(21-9-11-38(12-10-21)17-28(33)40)30(41)22(20)14-25(26)36-31-34-15-23(32)29(37-31)35-24-7-5-6-8-27(24)45(42,43)19(3)4/h5-8,13-15,18-19,21H,9-12,16-17H2,1-4H3,(H2,33,40)(H2,34,35,36,37). The molecule has 2 aromatic carbocycles. The van der Waals surface area contributed by atoms with Gasteiger partial charge in [-0.05, 0) is 93.0 Å². The van der Waals surface area contributed by atoms with Crippen molar-refractivity contribution in [2.45, 2.75) is 69.4 Å². The molecule has 1 fully saturated rings. The van der Waals surface area contributed by atoms with Crippen LogP contribution in [0.3, 0.4) is 0 Å². The van der Waals surface area contributed by atoms with E-state index in [4.69, 9.17) is 10.5 Å². The normalized spacial score (nSPS) is 15.9. The van der Waals surface area contributed by atoms with E-state index < -0.39 is 15.1 Å². The Kier molecular flexibility index (Phi) is 9.84. The molecule has 0 spiro atoms. The largest absolute Gasteiger partial charge is 0.489 e. The number of halogens is 1. The molecule has 3 aromatic rings. The lowest BCUT2D eigenvalue weighted by Gasteiger charge is -2.36. The van der Waals surface area contributed by atoms with Crippen molar-refractivity contribution in [1.29, 1.82) is 0 Å². The van der Waals surface area contributed by atoms with Gasteiger partial charge in [-0.25, -0.2) is 13.4 Å². The number of carbonyl (C=O) groups is 2. The molecule has 14 heteroatoms. The number of benzene rings is 2. The summed E-state index contributed by atoms with van der Waals surface area (Å²) < 4.78 is 32.9. The van der Waals surface area contributed by atoms with Crippen molar-refractivity contribution < 1.29 is 22.7 Å². The van der Waals surface area contributed by atoms with E-state index in [1.54, 1.807) is 50.4 Å². The molecule has 1 aromatic heterocycles. The lowest BCUT2D eigenvalue weighted by molar-refractivity contribution is -0.119. The molecule has 12 nitrogen and oxygen atoms in total. The van der Waals surface area contributed by atoms with Crippen LogP contribution in [-0.2, 0) is 21.2 Å². The maximum Gasteiger partial charge on any atom is 0.254 e. The number of carbonyl (C=O) groups excluding carboxylic acids is 2. The number of nitrogens with zero attached hydrogens (tertiary/aromatic N) is 4. The number of piperidine rings is 1. The van der Waals surface area contributed by atoms with Gasteiger partial charge in [-0.2, -0.15) is 4.98 Å². The van der Waals surface area contributed by atoms with Crippen molar-refractivity contribution in [2.24, 2.45) is 5.73 Å². The van der Waals surface area contributed by atoms with Gasteiger partial charge in [-0.1, -0.05) is 12.1 Å². The van der Waals surface area contributed by atoms with Crippen molar-refractivity contribution in [3.8, 4) is 5.75 Å². The number of amides is 2. The van der Waals surface area contributed by atoms with Gasteiger partial charge >= 0.3 is 0 Å². The second-order valence-corrected chi connectivity index (χ2v) is 15.4. The first-order chi connectivity index (χ1) is 21.3. The van der Waals surface area contributed by atoms with Crippen LogP contribution in [0.15, 0.2) is 47.5 Å². The zero-order chi connectivity index (χ0) is 32.5. The summed E-state index contributed by atoms with van der Waals surface area (Å²) in [5, 5.41) is 5.82. The predicted octanol–water partition coefficient (Wildman–Crippen LogP) is 4.44. The van der Waals surface area contributed by atoms with E-state index in [0.717, 1.165) is 18.4 Å². The SMILES string of the molecule is CC(C)Oc1cc2c(cc1Nc1ncc(I)c(Nc3ccccc3S(=O)(=O)C(C)C)n1)C(=O)N(C1CCN(CC(N)=O)CC1)C2. The number of hydrogen-bond donors (Lipinski definition) is 3. The van der Waals surface area contributed by atoms with E-state index in [1.807, 2.05) is 29.7 Å². The lowest BCUT2D eigenvalue weighted by Crippen LogP contribution is -2.47. The molecule has 240 valence electrons. The molecule has 0 saturated carbocycles. The molecule has 4 N–H and O–H groups in total. The van der Waals surface area contributed by atoms with E-state index in [1.165, 1.54) is 0 Å². The molecule has 2 aliphatic rings. The van der Waals surface area contributed by atoms with E-state index in [0.29, 0.717) is 51.7 Å². The molecule has 0 radical (unpaired) electrons. The zero-order valence-corrected chi connectivity index (χ0v) is 28.7. The fraction of sp³-hybridized carbons (Fsp3) is 0.419. The Hall–Kier alpha value is -3.50. The summed E-state index contributed by atoms with van der Waals surface area (Å²) in [6.45, 7) is 9.28. The van der Waals surface area contributed by atoms with E-state index in [9.17, 15) is 18.0 Å². The Bertz CT molecular complexity index is 1710. The smallest absolute Gasteiger partial charge is 0.254 e. The second-order valence-electron chi connectivity index (χ2n) is 11.8. The van der Waals surface area contributed by atoms with Gasteiger partial charge in [0.05, 0.1) is 37.7 Å². The van der Waals surface area contributed by atoms with Crippen molar-refractivity contribution in [1.82, 2.24) is 19.8 Å². The van der Waals surface area contributed by atoms with Gasteiger partial charge in [0, 0.05) is 37.4 Å². The van der Waals surface area contributed by atoms with Crippen molar-refractivity contribution in [3.63, 3.8) is 0 Å². The number of nitrogens with one attached hydrogen (secondary N) is 2. The Morgan fingerprint density at radius 3 is 2.49 bits per heavy atom. The molecule has 0 bridgehead atoms. The van der Waals surface area contributed by atoms with Crippen LogP contribution in [0.4, 0.5) is 23.1 Å². The second kappa shape index (κ2) is 13.5. The van der Waals surface area contributed by atoms with Crippen LogP contribution in [0.2, 0.25) is 0 Å². The van der Waals surface area contributed by atoms with Gasteiger partial charge in [0.25, 0.3) is 5.91 Å². The zero-order valence-electron chi connectivity index (χ0n) is 25.7. The van der Waals surface area contributed by atoms with Crippen LogP contribution in [0.5, 0.6) is 5.75 Å². The molecule has 0 atom stereocenters. The molecule has 1 saturated heterocycles. The van der Waals surface area contributed by atoms with Crippen LogP contribution < -0.4 is 21.1 Å². The first-order valence-corrected chi connectivity index (χ1v) is 17.5. The van der Waals surface area contributed by atoms with Crippen LogP contribution in [0.1, 0.15) is 56.5 Å². The van der Waals surface area contributed by atoms with Gasteiger partial charge in [0.15, 0.2) is 9.84 Å². The molecule has 5 rings (SSSR count). The summed E-state index contributed by atoms with van der Waals surface area (Å²) in [6, 6.07) is 10.5. The van der Waals surface area contributed by atoms with Gasteiger partial charge in [0.1, 0.15) is 11.6 Å². The van der Waals surface area contributed by atoms with Crippen molar-refractivity contribution >= 4 is 67.4 Å². The predicted molar refractivity (Wildman–Crippen MR) is 181 cm³/mol. The molecule has 2 amide bonds. The maximum absolute atomic E-state index is 13.6. The molecular formula is C31H38IN7O5S. The van der Waals surface area contributed by atoms with Crippen LogP contribution >= 0.6 is 22.6 Å². The summed E-state index contributed by atoms with van der Waals surface area (Å²) in [5.41, 5.74) is 7.80. The number of aromatic nitrogens is 2. The third kappa shape index (κ3) is 7.33. The summed E-state index contributed by atoms with van der Waals surface area (Å²) >= 11 is 2.09. The summed E-state index contributed by atoms with van der Waals surface area (Å²) in [4.78, 5) is 38.2. The number of likely N-dealkylation sites (tertiary alicyclic amines) is 1. The van der Waals surface area contributed by atoms with Crippen LogP contribution in [0.25, 0.3) is 0 Å². The Morgan fingerprint density at radius 2 is 1.82 bits per heavy atom. The highest BCUT2D eigenvalue weighted by molar-refractivity contribution is 14.1. The number of fused-ring (bicyclic) bond motifs is 1. The molecule has 3 heterocycles. The Morgan fingerprint density at radius 1 is 1.11 bits per heavy atom. The molecule has 45 heavy (non-hydrogen) atoms. The highest BCUT2D eigenvalue weighted by Crippen LogP contribution is 2.38. The van der Waals surface area contributed by atoms with E-state index in [-0.39, 0.29) is 41.3 Å². The number of anilines is 4. The number of rotatable bonds is 11. The van der Waals surface area contributed by atoms with Gasteiger partial charge in [-0.3, -0.25) is 14.5 Å². The average molecular weight is 748 g/mol. The Labute approximate surface area is 277 Å². The highest BCUT2D eigenvalue weighted by atomic mass is 127. The van der Waals surface area contributed by atoms with Gasteiger partial charge in [-0.15, -0.1) is 0 Å². The lowest BCUT2D eigenvalue weighted by atomic mass is 10.0. The van der Waals surface area contributed by atoms with Crippen LogP contribution in [-0.4, -0.2) is 77.0 Å². The van der Waals surface area contributed by atoms with Crippen LogP contribution in [0, 0.1) is 3.57 Å². The number of nitrogens with two attached hydrogens (primary N) is 1. The Balaban J connectivity index is 1.40. The molecule has 0 aliphatic carbocycles. The maximum atomic E-state index is 13.6. The number of hydrogen-bond acceptors (Lipinski definition) is 10. The van der Waals surface area contributed by atoms with Crippen molar-refractivity contribution in [2.75, 3.05) is 30.3 Å². The minimum absolute atomic E-state index is 0.0497.